The van der Waals surface area contributed by atoms with E-state index < -0.39 is 0 Å². The van der Waals surface area contributed by atoms with Crippen molar-refractivity contribution < 1.29 is 0 Å². The molecule has 0 saturated heterocycles. The normalized spacial score (nSPS) is 13.3. The molecule has 0 spiro atoms. The molecular formula is C9H15NS. The van der Waals surface area contributed by atoms with E-state index in [0.717, 1.165) is 6.54 Å². The van der Waals surface area contributed by atoms with Gasteiger partial charge in [-0.3, -0.25) is 0 Å². The number of hydrogen-bond donors (Lipinski definition) is 1. The minimum Gasteiger partial charge on any atom is -0.330 e. The van der Waals surface area contributed by atoms with Crippen molar-refractivity contribution >= 4 is 11.3 Å². The van der Waals surface area contributed by atoms with E-state index in [1.807, 2.05) is 11.3 Å². The van der Waals surface area contributed by atoms with Crippen molar-refractivity contribution in [3.05, 3.63) is 22.4 Å². The molecule has 11 heavy (non-hydrogen) atoms. The second-order valence-corrected chi connectivity index (χ2v) is 3.72. The Balaban J connectivity index is 2.56. The fourth-order valence-corrected chi connectivity index (χ4v) is 2.13. The summed E-state index contributed by atoms with van der Waals surface area (Å²) in [5, 5.41) is 2.12. The van der Waals surface area contributed by atoms with Crippen LogP contribution in [0.1, 0.15) is 30.6 Å². The average molecular weight is 169 g/mol. The fourth-order valence-electron chi connectivity index (χ4n) is 1.25. The van der Waals surface area contributed by atoms with E-state index in [0.29, 0.717) is 5.92 Å². The standard InChI is InChI=1S/C9H15NS/c1-2-4-8(7-10)9-5-3-6-11-9/h3,5-6,8H,2,4,7,10H2,1H3/t8-/m1/s1. The first-order chi connectivity index (χ1) is 5.38. The van der Waals surface area contributed by atoms with Crippen LogP contribution in [0.3, 0.4) is 0 Å². The SMILES string of the molecule is CCC[C@H](CN)c1cccs1. The Bertz CT molecular complexity index is 181. The fraction of sp³-hybridized carbons (Fsp3) is 0.556. The van der Waals surface area contributed by atoms with Crippen LogP contribution in [0.2, 0.25) is 0 Å². The smallest absolute Gasteiger partial charge is 0.00887 e. The molecule has 0 unspecified atom stereocenters. The van der Waals surface area contributed by atoms with Crippen molar-refractivity contribution in [2.24, 2.45) is 5.73 Å². The van der Waals surface area contributed by atoms with Crippen LogP contribution in [0.15, 0.2) is 17.5 Å². The van der Waals surface area contributed by atoms with Crippen molar-refractivity contribution in [3.8, 4) is 0 Å². The average Bonchev–Trinajstić information content (AvgIpc) is 2.52. The predicted octanol–water partition coefficient (Wildman–Crippen LogP) is 2.59. The van der Waals surface area contributed by atoms with E-state index in [4.69, 9.17) is 5.73 Å². The lowest BCUT2D eigenvalue weighted by Crippen LogP contribution is -2.10. The zero-order valence-corrected chi connectivity index (χ0v) is 7.73. The Hall–Kier alpha value is -0.340. The second kappa shape index (κ2) is 4.52. The summed E-state index contributed by atoms with van der Waals surface area (Å²) in [7, 11) is 0. The van der Waals surface area contributed by atoms with E-state index >= 15 is 0 Å². The van der Waals surface area contributed by atoms with Gasteiger partial charge in [0.2, 0.25) is 0 Å². The highest BCUT2D eigenvalue weighted by Crippen LogP contribution is 2.24. The number of thiophene rings is 1. The summed E-state index contributed by atoms with van der Waals surface area (Å²) >= 11 is 1.82. The van der Waals surface area contributed by atoms with Gasteiger partial charge in [-0.2, -0.15) is 0 Å². The molecule has 0 amide bonds. The van der Waals surface area contributed by atoms with E-state index in [2.05, 4.69) is 24.4 Å². The van der Waals surface area contributed by atoms with Gasteiger partial charge in [-0.25, -0.2) is 0 Å². The van der Waals surface area contributed by atoms with Crippen molar-refractivity contribution in [1.29, 1.82) is 0 Å². The van der Waals surface area contributed by atoms with Crippen molar-refractivity contribution in [3.63, 3.8) is 0 Å². The van der Waals surface area contributed by atoms with Crippen LogP contribution < -0.4 is 5.73 Å². The van der Waals surface area contributed by atoms with Gasteiger partial charge in [-0.15, -0.1) is 11.3 Å². The molecule has 2 N–H and O–H groups in total. The Morgan fingerprint density at radius 1 is 1.64 bits per heavy atom. The minimum atomic E-state index is 0.597. The molecule has 0 aliphatic heterocycles. The van der Waals surface area contributed by atoms with Gasteiger partial charge in [0.25, 0.3) is 0 Å². The Morgan fingerprint density at radius 2 is 2.45 bits per heavy atom. The molecule has 1 nitrogen and oxygen atoms in total. The summed E-state index contributed by atoms with van der Waals surface area (Å²) in [5.41, 5.74) is 5.66. The largest absolute Gasteiger partial charge is 0.330 e. The maximum atomic E-state index is 5.66. The summed E-state index contributed by atoms with van der Waals surface area (Å²) in [5.74, 6) is 0.597. The van der Waals surface area contributed by atoms with E-state index in [-0.39, 0.29) is 0 Å². The van der Waals surface area contributed by atoms with Gasteiger partial charge in [0.15, 0.2) is 0 Å². The Labute approximate surface area is 72.2 Å². The molecule has 1 aromatic heterocycles. The molecule has 0 aromatic carbocycles. The molecule has 2 heteroatoms. The lowest BCUT2D eigenvalue weighted by molar-refractivity contribution is 0.632. The molecule has 0 saturated carbocycles. The van der Waals surface area contributed by atoms with Crippen molar-refractivity contribution in [1.82, 2.24) is 0 Å². The monoisotopic (exact) mass is 169 g/mol. The first kappa shape index (κ1) is 8.75. The van der Waals surface area contributed by atoms with Gasteiger partial charge >= 0.3 is 0 Å². The third-order valence-corrected chi connectivity index (χ3v) is 2.90. The summed E-state index contributed by atoms with van der Waals surface area (Å²) in [6.07, 6.45) is 2.44. The second-order valence-electron chi connectivity index (χ2n) is 2.74. The first-order valence-electron chi connectivity index (χ1n) is 4.12. The molecule has 1 heterocycles. The van der Waals surface area contributed by atoms with Crippen molar-refractivity contribution in [2.45, 2.75) is 25.7 Å². The first-order valence-corrected chi connectivity index (χ1v) is 5.00. The number of rotatable bonds is 4. The van der Waals surface area contributed by atoms with Crippen LogP contribution in [0, 0.1) is 0 Å². The molecular weight excluding hydrogens is 154 g/mol. The molecule has 1 rings (SSSR count). The number of nitrogens with two attached hydrogens (primary N) is 1. The summed E-state index contributed by atoms with van der Waals surface area (Å²) in [6.45, 7) is 2.99. The van der Waals surface area contributed by atoms with Crippen LogP contribution in [-0.2, 0) is 0 Å². The molecule has 0 radical (unpaired) electrons. The molecule has 0 aliphatic rings. The van der Waals surface area contributed by atoms with Crippen LogP contribution in [0.4, 0.5) is 0 Å². The Kier molecular flexibility index (Phi) is 3.60. The third-order valence-electron chi connectivity index (χ3n) is 1.87. The molecule has 0 fully saturated rings. The van der Waals surface area contributed by atoms with Gasteiger partial charge < -0.3 is 5.73 Å². The van der Waals surface area contributed by atoms with Crippen LogP contribution in [-0.4, -0.2) is 6.54 Å². The quantitative estimate of drug-likeness (QED) is 0.736. The number of hydrogen-bond acceptors (Lipinski definition) is 2. The van der Waals surface area contributed by atoms with Gasteiger partial charge in [-0.05, 0) is 24.4 Å². The lowest BCUT2D eigenvalue weighted by atomic mass is 10.0. The molecule has 1 aromatic rings. The summed E-state index contributed by atoms with van der Waals surface area (Å²) in [4.78, 5) is 1.44. The predicted molar refractivity (Wildman–Crippen MR) is 51.0 cm³/mol. The topological polar surface area (TPSA) is 26.0 Å². The maximum absolute atomic E-state index is 5.66. The third kappa shape index (κ3) is 2.31. The van der Waals surface area contributed by atoms with Gasteiger partial charge in [0.1, 0.15) is 0 Å². The van der Waals surface area contributed by atoms with Crippen LogP contribution >= 0.6 is 11.3 Å². The van der Waals surface area contributed by atoms with E-state index in [1.54, 1.807) is 0 Å². The van der Waals surface area contributed by atoms with E-state index in [9.17, 15) is 0 Å². The molecule has 1 atom stereocenters. The highest BCUT2D eigenvalue weighted by atomic mass is 32.1. The minimum absolute atomic E-state index is 0.597. The highest BCUT2D eigenvalue weighted by Gasteiger charge is 2.08. The Morgan fingerprint density at radius 3 is 2.91 bits per heavy atom. The zero-order chi connectivity index (χ0) is 8.10. The maximum Gasteiger partial charge on any atom is 0.00887 e. The molecule has 62 valence electrons. The molecule has 0 bridgehead atoms. The lowest BCUT2D eigenvalue weighted by Gasteiger charge is -2.10. The van der Waals surface area contributed by atoms with Crippen LogP contribution in [0.5, 0.6) is 0 Å². The van der Waals surface area contributed by atoms with Gasteiger partial charge in [0.05, 0.1) is 0 Å². The van der Waals surface area contributed by atoms with Crippen molar-refractivity contribution in [2.75, 3.05) is 6.54 Å². The summed E-state index contributed by atoms with van der Waals surface area (Å²) < 4.78 is 0. The van der Waals surface area contributed by atoms with Gasteiger partial charge in [-0.1, -0.05) is 19.4 Å². The molecule has 0 aliphatic carbocycles. The highest BCUT2D eigenvalue weighted by molar-refractivity contribution is 7.10. The van der Waals surface area contributed by atoms with E-state index in [1.165, 1.54) is 17.7 Å². The zero-order valence-electron chi connectivity index (χ0n) is 6.92. The van der Waals surface area contributed by atoms with Gasteiger partial charge in [0, 0.05) is 10.8 Å². The van der Waals surface area contributed by atoms with Crippen LogP contribution in [0.25, 0.3) is 0 Å². The summed E-state index contributed by atoms with van der Waals surface area (Å²) in [6, 6.07) is 4.27.